The van der Waals surface area contributed by atoms with Crippen molar-refractivity contribution in [2.45, 2.75) is 57.6 Å². The minimum absolute atomic E-state index is 0.0914. The van der Waals surface area contributed by atoms with Crippen molar-refractivity contribution in [2.75, 3.05) is 39.4 Å². The van der Waals surface area contributed by atoms with Gasteiger partial charge in [0, 0.05) is 43.7 Å². The molecule has 1 aromatic heterocycles. The third-order valence-corrected chi connectivity index (χ3v) is 7.67. The van der Waals surface area contributed by atoms with Crippen molar-refractivity contribution in [1.82, 2.24) is 24.9 Å². The van der Waals surface area contributed by atoms with E-state index in [9.17, 15) is 29.1 Å². The Morgan fingerprint density at radius 2 is 1.70 bits per heavy atom. The van der Waals surface area contributed by atoms with E-state index in [1.165, 1.54) is 20.5 Å². The zero-order chi connectivity index (χ0) is 31.9. The van der Waals surface area contributed by atoms with Crippen molar-refractivity contribution >= 4 is 41.4 Å². The molecular weight excluding hydrogens is 598 g/mol. The molecule has 2 aromatic rings. The standard InChI is InChI=1S/C29H36ClN5O9/c1-3-42-27(40)29(11-6-12-29)44-23-18-22(32-35(23)20-8-5-7-19(30)17-20)25(38)31-21(9-10-24(36)37)26(39)33-13-15-34(16-14-33)28(41)43-4-2/h5,7-8,17-18,21H,3-4,6,9-16H2,1-2H3,(H,31,38)(H,36,37)/t21-/m0/s1. The SMILES string of the molecule is CCOC(=O)N1CCN(C(=O)[C@H](CCC(=O)O)NC(=O)c2cc(OC3(C(=O)OCC)CCC3)n(-c3cccc(Cl)c3)n2)CC1. The summed E-state index contributed by atoms with van der Waals surface area (Å²) in [5, 5.41) is 16.7. The Morgan fingerprint density at radius 1 is 1.02 bits per heavy atom. The van der Waals surface area contributed by atoms with Crippen LogP contribution in [-0.2, 0) is 23.9 Å². The molecular formula is C29H36ClN5O9. The summed E-state index contributed by atoms with van der Waals surface area (Å²) in [7, 11) is 0. The molecule has 14 nitrogen and oxygen atoms in total. The van der Waals surface area contributed by atoms with Crippen LogP contribution in [0.5, 0.6) is 5.88 Å². The molecule has 0 bridgehead atoms. The summed E-state index contributed by atoms with van der Waals surface area (Å²) in [6.45, 7) is 4.65. The summed E-state index contributed by atoms with van der Waals surface area (Å²) in [4.78, 5) is 66.1. The number of esters is 1. The molecule has 1 saturated heterocycles. The molecule has 2 aliphatic rings. The molecule has 2 fully saturated rings. The number of nitrogens with one attached hydrogen (secondary N) is 1. The predicted octanol–water partition coefficient (Wildman–Crippen LogP) is 2.65. The number of carboxylic acid groups (broad SMARTS) is 1. The number of benzene rings is 1. The first-order chi connectivity index (χ1) is 21.1. The minimum atomic E-state index is -1.23. The van der Waals surface area contributed by atoms with E-state index in [1.807, 2.05) is 0 Å². The maximum absolute atomic E-state index is 13.5. The van der Waals surface area contributed by atoms with Gasteiger partial charge in [0.2, 0.25) is 17.4 Å². The summed E-state index contributed by atoms with van der Waals surface area (Å²) >= 11 is 6.21. The molecule has 3 amide bonds. The van der Waals surface area contributed by atoms with Gasteiger partial charge < -0.3 is 34.4 Å². The Labute approximate surface area is 259 Å². The number of carbonyl (C=O) groups excluding carboxylic acids is 4. The van der Waals surface area contributed by atoms with Crippen LogP contribution in [0.25, 0.3) is 5.69 Å². The monoisotopic (exact) mass is 633 g/mol. The van der Waals surface area contributed by atoms with Gasteiger partial charge in [0.15, 0.2) is 5.69 Å². The van der Waals surface area contributed by atoms with Gasteiger partial charge in [-0.15, -0.1) is 0 Å². The van der Waals surface area contributed by atoms with E-state index < -0.39 is 41.5 Å². The fraction of sp³-hybridized carbons (Fsp3) is 0.517. The van der Waals surface area contributed by atoms with Crippen molar-refractivity contribution < 1.29 is 43.3 Å². The largest absolute Gasteiger partial charge is 0.481 e. The topological polar surface area (TPSA) is 170 Å². The first-order valence-corrected chi connectivity index (χ1v) is 14.9. The molecule has 1 aliphatic carbocycles. The van der Waals surface area contributed by atoms with Crippen LogP contribution in [0.2, 0.25) is 5.02 Å². The number of aliphatic carboxylic acids is 1. The Kier molecular flexibility index (Phi) is 10.7. The lowest BCUT2D eigenvalue weighted by Crippen LogP contribution is -2.56. The quantitative estimate of drug-likeness (QED) is 0.331. The van der Waals surface area contributed by atoms with Crippen LogP contribution in [0.15, 0.2) is 30.3 Å². The van der Waals surface area contributed by atoms with Gasteiger partial charge in [0.1, 0.15) is 6.04 Å². The Balaban J connectivity index is 1.56. The van der Waals surface area contributed by atoms with E-state index in [1.54, 1.807) is 38.1 Å². The van der Waals surface area contributed by atoms with Gasteiger partial charge in [0.05, 0.1) is 18.9 Å². The lowest BCUT2D eigenvalue weighted by atomic mass is 9.80. The fourth-order valence-corrected chi connectivity index (χ4v) is 5.14. The molecule has 0 radical (unpaired) electrons. The van der Waals surface area contributed by atoms with Crippen molar-refractivity contribution in [1.29, 1.82) is 0 Å². The van der Waals surface area contributed by atoms with E-state index in [-0.39, 0.29) is 63.8 Å². The molecule has 1 saturated carbocycles. The van der Waals surface area contributed by atoms with Gasteiger partial charge in [-0.3, -0.25) is 14.4 Å². The van der Waals surface area contributed by atoms with Crippen LogP contribution in [0.1, 0.15) is 56.4 Å². The van der Waals surface area contributed by atoms with Crippen molar-refractivity contribution in [3.63, 3.8) is 0 Å². The minimum Gasteiger partial charge on any atom is -0.481 e. The lowest BCUT2D eigenvalue weighted by Gasteiger charge is -2.38. The van der Waals surface area contributed by atoms with Gasteiger partial charge in [-0.25, -0.2) is 14.3 Å². The third kappa shape index (κ3) is 7.59. The van der Waals surface area contributed by atoms with Crippen LogP contribution in [-0.4, -0.2) is 106 Å². The summed E-state index contributed by atoms with van der Waals surface area (Å²) in [6, 6.07) is 6.84. The average molecular weight is 634 g/mol. The van der Waals surface area contributed by atoms with Gasteiger partial charge in [-0.05, 0) is 57.7 Å². The van der Waals surface area contributed by atoms with Crippen LogP contribution < -0.4 is 10.1 Å². The molecule has 4 rings (SSSR count). The van der Waals surface area contributed by atoms with Crippen LogP contribution >= 0.6 is 11.6 Å². The number of amides is 3. The molecule has 2 heterocycles. The highest BCUT2D eigenvalue weighted by Crippen LogP contribution is 2.39. The number of rotatable bonds is 12. The molecule has 44 heavy (non-hydrogen) atoms. The predicted molar refractivity (Wildman–Crippen MR) is 156 cm³/mol. The molecule has 1 aromatic carbocycles. The Morgan fingerprint density at radius 3 is 2.30 bits per heavy atom. The number of nitrogens with zero attached hydrogens (tertiary/aromatic N) is 4. The van der Waals surface area contributed by atoms with Crippen LogP contribution in [0.3, 0.4) is 0 Å². The highest BCUT2D eigenvalue weighted by Gasteiger charge is 2.49. The van der Waals surface area contributed by atoms with Gasteiger partial charge >= 0.3 is 18.0 Å². The number of aromatic nitrogens is 2. The highest BCUT2D eigenvalue weighted by molar-refractivity contribution is 6.30. The molecule has 0 unspecified atom stereocenters. The van der Waals surface area contributed by atoms with Gasteiger partial charge in [0.25, 0.3) is 5.91 Å². The van der Waals surface area contributed by atoms with Gasteiger partial charge in [-0.2, -0.15) is 5.10 Å². The maximum atomic E-state index is 13.5. The summed E-state index contributed by atoms with van der Waals surface area (Å²) in [5.41, 5.74) is -0.896. The number of carboxylic acids is 1. The number of halogens is 1. The van der Waals surface area contributed by atoms with Crippen molar-refractivity contribution in [3.05, 3.63) is 41.0 Å². The zero-order valence-electron chi connectivity index (χ0n) is 24.6. The molecule has 1 aliphatic heterocycles. The second-order valence-corrected chi connectivity index (χ2v) is 10.8. The Bertz CT molecular complexity index is 1380. The molecule has 238 valence electrons. The lowest BCUT2D eigenvalue weighted by molar-refractivity contribution is -0.170. The van der Waals surface area contributed by atoms with E-state index >= 15 is 0 Å². The molecule has 2 N–H and O–H groups in total. The van der Waals surface area contributed by atoms with E-state index in [2.05, 4.69) is 10.4 Å². The second kappa shape index (κ2) is 14.4. The summed E-state index contributed by atoms with van der Waals surface area (Å²) in [5.74, 6) is -2.78. The highest BCUT2D eigenvalue weighted by atomic mass is 35.5. The first kappa shape index (κ1) is 32.6. The van der Waals surface area contributed by atoms with Crippen molar-refractivity contribution in [3.8, 4) is 11.6 Å². The van der Waals surface area contributed by atoms with E-state index in [4.69, 9.17) is 25.8 Å². The van der Waals surface area contributed by atoms with E-state index in [0.29, 0.717) is 23.6 Å². The third-order valence-electron chi connectivity index (χ3n) is 7.44. The smallest absolute Gasteiger partial charge is 0.409 e. The number of carbonyl (C=O) groups is 5. The normalized spacial score (nSPS) is 16.3. The first-order valence-electron chi connectivity index (χ1n) is 14.5. The molecule has 0 spiro atoms. The number of hydrogen-bond donors (Lipinski definition) is 2. The average Bonchev–Trinajstić information content (AvgIpc) is 3.41. The van der Waals surface area contributed by atoms with Crippen LogP contribution in [0, 0.1) is 0 Å². The number of piperazine rings is 1. The Hall–Kier alpha value is -4.33. The maximum Gasteiger partial charge on any atom is 0.409 e. The second-order valence-electron chi connectivity index (χ2n) is 10.4. The van der Waals surface area contributed by atoms with E-state index in [0.717, 1.165) is 6.42 Å². The zero-order valence-corrected chi connectivity index (χ0v) is 25.4. The number of ether oxygens (including phenoxy) is 3. The van der Waals surface area contributed by atoms with Gasteiger partial charge in [-0.1, -0.05) is 17.7 Å². The number of hydrogen-bond acceptors (Lipinski definition) is 9. The molecule has 15 heteroatoms. The fourth-order valence-electron chi connectivity index (χ4n) is 4.95. The molecule has 1 atom stereocenters. The summed E-state index contributed by atoms with van der Waals surface area (Å²) < 4.78 is 17.8. The van der Waals surface area contributed by atoms with Crippen molar-refractivity contribution in [2.24, 2.45) is 0 Å². The van der Waals surface area contributed by atoms with Crippen LogP contribution in [0.4, 0.5) is 4.79 Å². The summed E-state index contributed by atoms with van der Waals surface area (Å²) in [6.07, 6.45) is 0.580.